The van der Waals surface area contributed by atoms with Gasteiger partial charge in [0.1, 0.15) is 11.9 Å². The Morgan fingerprint density at radius 2 is 1.89 bits per heavy atom. The van der Waals surface area contributed by atoms with E-state index in [0.29, 0.717) is 23.8 Å². The van der Waals surface area contributed by atoms with Crippen LogP contribution in [0, 0.1) is 0 Å². The number of carbonyl (C=O) groups excluding carboxylic acids is 1. The number of nitrogens with zero attached hydrogens (tertiary/aromatic N) is 2. The molecule has 1 aromatic heterocycles. The quantitative estimate of drug-likeness (QED) is 0.737. The third-order valence-corrected chi connectivity index (χ3v) is 4.69. The molecular weight excluding hydrogens is 362 g/mol. The van der Waals surface area contributed by atoms with Crippen LogP contribution in [0.5, 0.6) is 5.75 Å². The minimum atomic E-state index is -0.0981. The summed E-state index contributed by atoms with van der Waals surface area (Å²) in [5.74, 6) is 1.41. The van der Waals surface area contributed by atoms with Gasteiger partial charge in [-0.25, -0.2) is 9.97 Å². The van der Waals surface area contributed by atoms with Crippen LogP contribution < -0.4 is 10.1 Å². The van der Waals surface area contributed by atoms with E-state index < -0.39 is 0 Å². The highest BCUT2D eigenvalue weighted by Crippen LogP contribution is 2.37. The van der Waals surface area contributed by atoms with Gasteiger partial charge in [0.25, 0.3) is 0 Å². The Hall–Kier alpha value is -2.92. The molecular formula is C21H18ClN3O2. The van der Waals surface area contributed by atoms with Crippen LogP contribution in [0.3, 0.4) is 0 Å². The van der Waals surface area contributed by atoms with Crippen molar-refractivity contribution in [1.29, 1.82) is 0 Å². The number of halogens is 1. The fraction of sp³-hybridized carbons (Fsp3) is 0.190. The van der Waals surface area contributed by atoms with Gasteiger partial charge in [-0.15, -0.1) is 0 Å². The van der Waals surface area contributed by atoms with E-state index in [-0.39, 0.29) is 12.0 Å². The second-order valence-electron chi connectivity index (χ2n) is 6.42. The molecule has 0 saturated heterocycles. The summed E-state index contributed by atoms with van der Waals surface area (Å²) in [5, 5.41) is 3.62. The number of benzene rings is 2. The average Bonchev–Trinajstić information content (AvgIpc) is 3.12. The van der Waals surface area contributed by atoms with Crippen LogP contribution in [-0.4, -0.2) is 28.5 Å². The molecule has 0 spiro atoms. The molecule has 0 fully saturated rings. The average molecular weight is 380 g/mol. The summed E-state index contributed by atoms with van der Waals surface area (Å²) < 4.78 is 6.10. The lowest BCUT2D eigenvalue weighted by molar-refractivity contribution is -0.120. The van der Waals surface area contributed by atoms with E-state index >= 15 is 0 Å². The van der Waals surface area contributed by atoms with Gasteiger partial charge in [-0.3, -0.25) is 4.79 Å². The number of aromatic nitrogens is 2. The molecule has 27 heavy (non-hydrogen) atoms. The number of rotatable bonds is 5. The van der Waals surface area contributed by atoms with E-state index in [1.165, 1.54) is 0 Å². The Labute approximate surface area is 162 Å². The summed E-state index contributed by atoms with van der Waals surface area (Å²) in [6, 6.07) is 15.0. The van der Waals surface area contributed by atoms with Gasteiger partial charge in [-0.2, -0.15) is 0 Å². The van der Waals surface area contributed by atoms with Crippen LogP contribution in [0.15, 0.2) is 60.9 Å². The van der Waals surface area contributed by atoms with Gasteiger partial charge >= 0.3 is 0 Å². The minimum absolute atomic E-state index is 0.0384. The van der Waals surface area contributed by atoms with Gasteiger partial charge in [0, 0.05) is 23.8 Å². The molecule has 1 unspecified atom stereocenters. The molecule has 1 amide bonds. The highest BCUT2D eigenvalue weighted by atomic mass is 35.5. The van der Waals surface area contributed by atoms with Gasteiger partial charge in [0.2, 0.25) is 5.91 Å². The molecule has 0 radical (unpaired) electrons. The summed E-state index contributed by atoms with van der Waals surface area (Å²) in [5.41, 5.74) is 2.91. The van der Waals surface area contributed by atoms with Crippen molar-refractivity contribution in [2.75, 3.05) is 6.54 Å². The van der Waals surface area contributed by atoms with Crippen molar-refractivity contribution in [1.82, 2.24) is 15.3 Å². The van der Waals surface area contributed by atoms with Gasteiger partial charge in [0.15, 0.2) is 5.82 Å². The fourth-order valence-corrected chi connectivity index (χ4v) is 3.27. The molecule has 0 bridgehead atoms. The van der Waals surface area contributed by atoms with Crippen LogP contribution >= 0.6 is 11.6 Å². The monoisotopic (exact) mass is 379 g/mol. The van der Waals surface area contributed by atoms with E-state index in [9.17, 15) is 4.79 Å². The van der Waals surface area contributed by atoms with Crippen molar-refractivity contribution in [2.45, 2.75) is 18.9 Å². The van der Waals surface area contributed by atoms with Crippen molar-refractivity contribution in [2.24, 2.45) is 0 Å². The first-order valence-corrected chi connectivity index (χ1v) is 9.14. The second-order valence-corrected chi connectivity index (χ2v) is 6.85. The number of hydrogen-bond acceptors (Lipinski definition) is 4. The molecule has 1 N–H and O–H groups in total. The zero-order valence-electron chi connectivity index (χ0n) is 14.6. The molecule has 0 aliphatic carbocycles. The Morgan fingerprint density at radius 3 is 2.67 bits per heavy atom. The molecule has 136 valence electrons. The van der Waals surface area contributed by atoms with Crippen LogP contribution in [-0.2, 0) is 17.6 Å². The van der Waals surface area contributed by atoms with Crippen molar-refractivity contribution in [3.63, 3.8) is 0 Å². The van der Waals surface area contributed by atoms with E-state index in [1.807, 2.05) is 30.3 Å². The predicted molar refractivity (Wildman–Crippen MR) is 104 cm³/mol. The molecule has 1 aliphatic heterocycles. The normalized spacial score (nSPS) is 15.1. The number of amides is 1. The maximum Gasteiger partial charge on any atom is 0.224 e. The van der Waals surface area contributed by atoms with Crippen LogP contribution in [0.2, 0.25) is 5.02 Å². The lowest BCUT2D eigenvalue weighted by atomic mass is 10.1. The molecule has 2 aromatic carbocycles. The summed E-state index contributed by atoms with van der Waals surface area (Å²) in [4.78, 5) is 20.8. The van der Waals surface area contributed by atoms with Gasteiger partial charge in [0.05, 0.1) is 18.5 Å². The Kier molecular flexibility index (Phi) is 5.03. The zero-order chi connectivity index (χ0) is 18.6. The Bertz CT molecular complexity index is 945. The molecule has 6 heteroatoms. The Balaban J connectivity index is 1.38. The summed E-state index contributed by atoms with van der Waals surface area (Å²) >= 11 is 5.87. The van der Waals surface area contributed by atoms with E-state index in [0.717, 1.165) is 28.9 Å². The maximum atomic E-state index is 12.2. The van der Waals surface area contributed by atoms with E-state index in [2.05, 4.69) is 15.3 Å². The lowest BCUT2D eigenvalue weighted by Crippen LogP contribution is -2.35. The number of hydrogen-bond donors (Lipinski definition) is 1. The molecule has 4 rings (SSSR count). The SMILES string of the molecule is O=C(Cc1ccc(Cl)cc1)NCC1Cc2cccc(-c3ncccn3)c2O1. The first-order valence-electron chi connectivity index (χ1n) is 8.76. The van der Waals surface area contributed by atoms with Crippen molar-refractivity contribution < 1.29 is 9.53 Å². The summed E-state index contributed by atoms with van der Waals surface area (Å²) in [7, 11) is 0. The number of ether oxygens (including phenoxy) is 1. The first kappa shape index (κ1) is 17.5. The van der Waals surface area contributed by atoms with Gasteiger partial charge < -0.3 is 10.1 Å². The third-order valence-electron chi connectivity index (χ3n) is 4.44. The fourth-order valence-electron chi connectivity index (χ4n) is 3.14. The number of para-hydroxylation sites is 1. The number of carbonyl (C=O) groups is 1. The maximum absolute atomic E-state index is 12.2. The summed E-state index contributed by atoms with van der Waals surface area (Å²) in [6.07, 6.45) is 4.40. The standard InChI is InChI=1S/C21H18ClN3O2/c22-16-7-5-14(6-8-16)11-19(26)25-13-17-12-15-3-1-4-18(20(15)27-17)21-23-9-2-10-24-21/h1-10,17H,11-13H2,(H,25,26). The van der Waals surface area contributed by atoms with Crippen molar-refractivity contribution in [3.05, 3.63) is 77.1 Å². The largest absolute Gasteiger partial charge is 0.487 e. The predicted octanol–water partition coefficient (Wildman–Crippen LogP) is 3.46. The number of fused-ring (bicyclic) bond motifs is 1. The molecule has 2 heterocycles. The first-order chi connectivity index (χ1) is 13.2. The van der Waals surface area contributed by atoms with Crippen LogP contribution in [0.25, 0.3) is 11.4 Å². The zero-order valence-corrected chi connectivity index (χ0v) is 15.3. The molecule has 1 aliphatic rings. The van der Waals surface area contributed by atoms with Crippen LogP contribution in [0.4, 0.5) is 0 Å². The van der Waals surface area contributed by atoms with Crippen LogP contribution in [0.1, 0.15) is 11.1 Å². The van der Waals surface area contributed by atoms with E-state index in [4.69, 9.17) is 16.3 Å². The number of nitrogens with one attached hydrogen (secondary N) is 1. The topological polar surface area (TPSA) is 64.1 Å². The molecule has 1 atom stereocenters. The molecule has 0 saturated carbocycles. The van der Waals surface area contributed by atoms with Gasteiger partial charge in [-0.1, -0.05) is 35.9 Å². The lowest BCUT2D eigenvalue weighted by Gasteiger charge is -2.13. The highest BCUT2D eigenvalue weighted by Gasteiger charge is 2.26. The second kappa shape index (κ2) is 7.76. The highest BCUT2D eigenvalue weighted by molar-refractivity contribution is 6.30. The Morgan fingerprint density at radius 1 is 1.11 bits per heavy atom. The minimum Gasteiger partial charge on any atom is -0.487 e. The molecule has 3 aromatic rings. The van der Waals surface area contributed by atoms with Gasteiger partial charge in [-0.05, 0) is 35.4 Å². The van der Waals surface area contributed by atoms with Crippen molar-refractivity contribution in [3.8, 4) is 17.1 Å². The summed E-state index contributed by atoms with van der Waals surface area (Å²) in [6.45, 7) is 0.455. The van der Waals surface area contributed by atoms with Crippen molar-refractivity contribution >= 4 is 17.5 Å². The molecule has 5 nitrogen and oxygen atoms in total. The van der Waals surface area contributed by atoms with E-state index in [1.54, 1.807) is 30.6 Å². The smallest absolute Gasteiger partial charge is 0.224 e. The third kappa shape index (κ3) is 4.09.